The molecule has 19 heavy (non-hydrogen) atoms. The van der Waals surface area contributed by atoms with Crippen LogP contribution in [0.15, 0.2) is 42.5 Å². The van der Waals surface area contributed by atoms with Crippen LogP contribution in [0.4, 0.5) is 0 Å². The molecule has 1 aromatic carbocycles. The number of aliphatic hydroxyl groups is 1. The molecule has 2 N–H and O–H groups in total. The van der Waals surface area contributed by atoms with Crippen molar-refractivity contribution in [2.75, 3.05) is 0 Å². The van der Waals surface area contributed by atoms with Crippen molar-refractivity contribution in [1.29, 1.82) is 0 Å². The highest BCUT2D eigenvalue weighted by Crippen LogP contribution is 2.47. The summed E-state index contributed by atoms with van der Waals surface area (Å²) in [6, 6.07) is 5.66. The van der Waals surface area contributed by atoms with E-state index in [0.717, 1.165) is 11.1 Å². The van der Waals surface area contributed by atoms with Gasteiger partial charge < -0.3 is 10.2 Å². The molecule has 2 atom stereocenters. The lowest BCUT2D eigenvalue weighted by molar-refractivity contribution is 0.0556. The second-order valence-corrected chi connectivity index (χ2v) is 6.10. The van der Waals surface area contributed by atoms with Gasteiger partial charge in [-0.1, -0.05) is 57.2 Å². The molecule has 0 heterocycles. The summed E-state index contributed by atoms with van der Waals surface area (Å²) in [5.74, 6) is 0.310. The number of allylic oxidation sites excluding steroid dienone is 2. The zero-order valence-corrected chi connectivity index (χ0v) is 12.0. The molecular formula is C17H22O2. The summed E-state index contributed by atoms with van der Waals surface area (Å²) in [6.07, 6.45) is 7.25. The minimum atomic E-state index is -0.512. The van der Waals surface area contributed by atoms with Gasteiger partial charge >= 0.3 is 0 Å². The largest absolute Gasteiger partial charge is 0.508 e. The molecule has 2 nitrogen and oxygen atoms in total. The topological polar surface area (TPSA) is 40.5 Å². The zero-order chi connectivity index (χ0) is 14.3. The Kier molecular flexibility index (Phi) is 3.31. The molecule has 2 heteroatoms. The first-order valence-electron chi connectivity index (χ1n) is 6.63. The van der Waals surface area contributed by atoms with Crippen molar-refractivity contribution in [3.8, 4) is 5.75 Å². The SMILES string of the molecule is Cc1cc(C(C)(C)C2(C)C=CC=CC2O)ccc1O. The zero-order valence-electron chi connectivity index (χ0n) is 12.0. The molecule has 1 aliphatic carbocycles. The maximum Gasteiger partial charge on any atom is 0.118 e. The Morgan fingerprint density at radius 1 is 1.21 bits per heavy atom. The fourth-order valence-corrected chi connectivity index (χ4v) is 2.66. The van der Waals surface area contributed by atoms with E-state index in [9.17, 15) is 10.2 Å². The summed E-state index contributed by atoms with van der Waals surface area (Å²) in [5.41, 5.74) is 1.36. The number of phenols is 1. The molecule has 0 spiro atoms. The predicted molar refractivity (Wildman–Crippen MR) is 78.3 cm³/mol. The normalized spacial score (nSPS) is 26.7. The lowest BCUT2D eigenvalue weighted by Gasteiger charge is -2.46. The summed E-state index contributed by atoms with van der Waals surface area (Å²) in [7, 11) is 0. The highest BCUT2D eigenvalue weighted by Gasteiger charge is 2.45. The molecule has 102 valence electrons. The van der Waals surface area contributed by atoms with Gasteiger partial charge in [0.2, 0.25) is 0 Å². The van der Waals surface area contributed by atoms with E-state index in [4.69, 9.17) is 0 Å². The Labute approximate surface area is 115 Å². The van der Waals surface area contributed by atoms with Gasteiger partial charge in [0.25, 0.3) is 0 Å². The summed E-state index contributed by atoms with van der Waals surface area (Å²) in [5, 5.41) is 20.0. The van der Waals surface area contributed by atoms with E-state index >= 15 is 0 Å². The Balaban J connectivity index is 2.49. The van der Waals surface area contributed by atoms with E-state index in [-0.39, 0.29) is 10.8 Å². The van der Waals surface area contributed by atoms with Crippen molar-refractivity contribution in [2.45, 2.75) is 39.2 Å². The van der Waals surface area contributed by atoms with E-state index < -0.39 is 6.10 Å². The van der Waals surface area contributed by atoms with Gasteiger partial charge in [-0.05, 0) is 24.1 Å². The number of aromatic hydroxyl groups is 1. The second kappa shape index (κ2) is 4.53. The van der Waals surface area contributed by atoms with Crippen molar-refractivity contribution in [1.82, 2.24) is 0 Å². The summed E-state index contributed by atoms with van der Waals surface area (Å²) >= 11 is 0. The number of rotatable bonds is 2. The minimum Gasteiger partial charge on any atom is -0.508 e. The molecule has 1 aromatic rings. The molecule has 0 saturated carbocycles. The molecule has 0 saturated heterocycles. The van der Waals surface area contributed by atoms with Gasteiger partial charge in [0, 0.05) is 10.8 Å². The molecule has 0 fully saturated rings. The van der Waals surface area contributed by atoms with Gasteiger partial charge in [0.1, 0.15) is 5.75 Å². The summed E-state index contributed by atoms with van der Waals surface area (Å²) in [4.78, 5) is 0. The van der Waals surface area contributed by atoms with Crippen LogP contribution in [0.5, 0.6) is 5.75 Å². The molecule has 0 amide bonds. The summed E-state index contributed by atoms with van der Waals surface area (Å²) < 4.78 is 0. The summed E-state index contributed by atoms with van der Waals surface area (Å²) in [6.45, 7) is 8.22. The van der Waals surface area contributed by atoms with Crippen LogP contribution in [-0.4, -0.2) is 16.3 Å². The second-order valence-electron chi connectivity index (χ2n) is 6.10. The van der Waals surface area contributed by atoms with Crippen LogP contribution in [0.1, 0.15) is 31.9 Å². The van der Waals surface area contributed by atoms with E-state index in [1.165, 1.54) is 0 Å². The minimum absolute atomic E-state index is 0.244. The average Bonchev–Trinajstić information content (AvgIpc) is 2.36. The third kappa shape index (κ3) is 2.10. The van der Waals surface area contributed by atoms with Crippen LogP contribution in [0, 0.1) is 12.3 Å². The first-order valence-corrected chi connectivity index (χ1v) is 6.63. The Morgan fingerprint density at radius 2 is 1.89 bits per heavy atom. The van der Waals surface area contributed by atoms with Crippen LogP contribution in [0.3, 0.4) is 0 Å². The number of aliphatic hydroxyl groups excluding tert-OH is 1. The first kappa shape index (κ1) is 13.9. The Hall–Kier alpha value is -1.54. The third-order valence-electron chi connectivity index (χ3n) is 4.73. The van der Waals surface area contributed by atoms with Crippen molar-refractivity contribution >= 4 is 0 Å². The maximum atomic E-state index is 10.4. The molecule has 2 rings (SSSR count). The van der Waals surface area contributed by atoms with Crippen LogP contribution in [-0.2, 0) is 5.41 Å². The highest BCUT2D eigenvalue weighted by atomic mass is 16.3. The van der Waals surface area contributed by atoms with Gasteiger partial charge in [-0.3, -0.25) is 0 Å². The lowest BCUT2D eigenvalue weighted by Crippen LogP contribution is -2.46. The van der Waals surface area contributed by atoms with Crippen molar-refractivity contribution in [3.63, 3.8) is 0 Å². The van der Waals surface area contributed by atoms with Crippen LogP contribution in [0.25, 0.3) is 0 Å². The fraction of sp³-hybridized carbons (Fsp3) is 0.412. The Bertz CT molecular complexity index is 540. The van der Waals surface area contributed by atoms with Crippen LogP contribution < -0.4 is 0 Å². The quantitative estimate of drug-likeness (QED) is 0.852. The van der Waals surface area contributed by atoms with Crippen LogP contribution in [0.2, 0.25) is 0 Å². The molecule has 1 aliphatic rings. The molecule has 2 unspecified atom stereocenters. The fourth-order valence-electron chi connectivity index (χ4n) is 2.66. The van der Waals surface area contributed by atoms with Gasteiger partial charge in [-0.2, -0.15) is 0 Å². The molecule has 0 bridgehead atoms. The van der Waals surface area contributed by atoms with Gasteiger partial charge in [0.15, 0.2) is 0 Å². The van der Waals surface area contributed by atoms with Crippen molar-refractivity contribution in [2.24, 2.45) is 5.41 Å². The number of benzene rings is 1. The first-order chi connectivity index (χ1) is 8.79. The third-order valence-corrected chi connectivity index (χ3v) is 4.73. The van der Waals surface area contributed by atoms with Crippen molar-refractivity contribution in [3.05, 3.63) is 53.6 Å². The monoisotopic (exact) mass is 258 g/mol. The van der Waals surface area contributed by atoms with E-state index in [1.54, 1.807) is 6.07 Å². The van der Waals surface area contributed by atoms with Gasteiger partial charge in [0.05, 0.1) is 6.10 Å². The standard InChI is InChI=1S/C17H22O2/c1-12-11-13(8-9-14(12)18)16(2,3)17(4)10-6-5-7-15(17)19/h5-11,15,18-19H,1-4H3. The van der Waals surface area contributed by atoms with Gasteiger partial charge in [-0.25, -0.2) is 0 Å². The molecule has 0 aromatic heterocycles. The number of aryl methyl sites for hydroxylation is 1. The van der Waals surface area contributed by atoms with E-state index in [2.05, 4.69) is 26.8 Å². The van der Waals surface area contributed by atoms with Crippen molar-refractivity contribution < 1.29 is 10.2 Å². The predicted octanol–water partition coefficient (Wildman–Crippen LogP) is 3.47. The maximum absolute atomic E-state index is 10.4. The molecule has 0 radical (unpaired) electrons. The van der Waals surface area contributed by atoms with E-state index in [0.29, 0.717) is 5.75 Å². The number of phenolic OH excluding ortho intramolecular Hbond substituents is 1. The smallest absolute Gasteiger partial charge is 0.118 e. The van der Waals surface area contributed by atoms with Crippen LogP contribution >= 0.6 is 0 Å². The van der Waals surface area contributed by atoms with E-state index in [1.807, 2.05) is 37.3 Å². The molecule has 0 aliphatic heterocycles. The highest BCUT2D eigenvalue weighted by molar-refractivity contribution is 5.41. The van der Waals surface area contributed by atoms with Gasteiger partial charge in [-0.15, -0.1) is 0 Å². The molecular weight excluding hydrogens is 236 g/mol. The lowest BCUT2D eigenvalue weighted by atomic mass is 9.59. The Morgan fingerprint density at radius 3 is 2.47 bits per heavy atom. The number of hydrogen-bond acceptors (Lipinski definition) is 2. The average molecular weight is 258 g/mol. The number of hydrogen-bond donors (Lipinski definition) is 2.